The normalized spacial score (nSPS) is 11.0. The Kier molecular flexibility index (Phi) is 13.0. The van der Waals surface area contributed by atoms with Crippen LogP contribution in [0.1, 0.15) is 100 Å². The van der Waals surface area contributed by atoms with Crippen LogP contribution in [-0.2, 0) is 6.42 Å². The minimum absolute atomic E-state index is 0.0857. The molecule has 0 spiro atoms. The molecule has 0 aliphatic rings. The highest BCUT2D eigenvalue weighted by Crippen LogP contribution is 2.27. The molecule has 5 heteroatoms. The van der Waals surface area contributed by atoms with E-state index in [0.717, 1.165) is 43.2 Å². The molecule has 3 rings (SSSR count). The Balaban J connectivity index is 1.51. The van der Waals surface area contributed by atoms with Crippen LogP contribution in [0.2, 0.25) is 0 Å². The molecule has 39 heavy (non-hydrogen) atoms. The molecule has 0 bridgehead atoms. The lowest BCUT2D eigenvalue weighted by atomic mass is 10.0. The number of rotatable bonds is 17. The van der Waals surface area contributed by atoms with E-state index in [-0.39, 0.29) is 17.1 Å². The number of benzene rings is 3. The van der Waals surface area contributed by atoms with Crippen molar-refractivity contribution in [2.75, 3.05) is 6.61 Å². The van der Waals surface area contributed by atoms with Crippen molar-refractivity contribution in [1.29, 1.82) is 0 Å². The van der Waals surface area contributed by atoms with Crippen molar-refractivity contribution in [3.05, 3.63) is 83.4 Å². The van der Waals surface area contributed by atoms with Crippen LogP contribution in [0, 0.1) is 11.6 Å². The van der Waals surface area contributed by atoms with Crippen molar-refractivity contribution in [2.45, 2.75) is 90.9 Å². The molecular weight excluding hydrogens is 494 g/mol. The van der Waals surface area contributed by atoms with Gasteiger partial charge in [0.25, 0.3) is 0 Å². The van der Waals surface area contributed by atoms with Gasteiger partial charge in [0.2, 0.25) is 0 Å². The smallest absolute Gasteiger partial charge is 0.343 e. The summed E-state index contributed by atoms with van der Waals surface area (Å²) in [6, 6.07) is 16.3. The Hall–Kier alpha value is -3.21. The predicted molar refractivity (Wildman–Crippen MR) is 155 cm³/mol. The van der Waals surface area contributed by atoms with Gasteiger partial charge in [-0.15, -0.1) is 0 Å². The number of carbonyl (C=O) groups excluding carboxylic acids is 1. The minimum atomic E-state index is -0.641. The maximum atomic E-state index is 14.6. The highest BCUT2D eigenvalue weighted by Gasteiger charge is 2.14. The van der Waals surface area contributed by atoms with Crippen molar-refractivity contribution < 1.29 is 23.0 Å². The zero-order valence-corrected chi connectivity index (χ0v) is 23.4. The molecule has 0 aliphatic heterocycles. The zero-order valence-electron chi connectivity index (χ0n) is 23.4. The molecule has 0 aliphatic carbocycles. The van der Waals surface area contributed by atoms with Crippen molar-refractivity contribution in [1.82, 2.24) is 0 Å². The fourth-order valence-corrected chi connectivity index (χ4v) is 4.53. The molecule has 3 aromatic carbocycles. The van der Waals surface area contributed by atoms with Gasteiger partial charge in [0.1, 0.15) is 0 Å². The third-order valence-corrected chi connectivity index (χ3v) is 6.91. The largest absolute Gasteiger partial charge is 0.491 e. The Bertz CT molecular complexity index is 1160. The molecule has 210 valence electrons. The van der Waals surface area contributed by atoms with Crippen molar-refractivity contribution in [3.63, 3.8) is 0 Å². The van der Waals surface area contributed by atoms with Crippen LogP contribution < -0.4 is 9.47 Å². The van der Waals surface area contributed by atoms with Gasteiger partial charge in [0.05, 0.1) is 12.2 Å². The Morgan fingerprint density at radius 3 is 1.90 bits per heavy atom. The van der Waals surface area contributed by atoms with Crippen LogP contribution in [-0.4, -0.2) is 12.6 Å². The van der Waals surface area contributed by atoms with Crippen molar-refractivity contribution in [2.24, 2.45) is 0 Å². The molecule has 0 saturated carbocycles. The fourth-order valence-electron chi connectivity index (χ4n) is 4.53. The lowest BCUT2D eigenvalue weighted by Gasteiger charge is -2.10. The summed E-state index contributed by atoms with van der Waals surface area (Å²) in [5, 5.41) is 0. The first-order valence-corrected chi connectivity index (χ1v) is 14.5. The highest BCUT2D eigenvalue weighted by molar-refractivity contribution is 5.91. The fraction of sp³-hybridized carbons (Fsp3) is 0.441. The van der Waals surface area contributed by atoms with Gasteiger partial charge < -0.3 is 9.47 Å². The summed E-state index contributed by atoms with van der Waals surface area (Å²) >= 11 is 0. The van der Waals surface area contributed by atoms with Gasteiger partial charge in [-0.2, -0.15) is 0 Å². The number of esters is 1. The topological polar surface area (TPSA) is 35.5 Å². The third-order valence-electron chi connectivity index (χ3n) is 6.91. The number of hydrogen-bond acceptors (Lipinski definition) is 3. The molecule has 0 N–H and O–H groups in total. The molecule has 0 heterocycles. The Morgan fingerprint density at radius 2 is 1.23 bits per heavy atom. The van der Waals surface area contributed by atoms with Crippen LogP contribution in [0.4, 0.5) is 8.78 Å². The second-order valence-electron chi connectivity index (χ2n) is 10.2. The van der Waals surface area contributed by atoms with Gasteiger partial charge in [-0.1, -0.05) is 95.9 Å². The van der Waals surface area contributed by atoms with Gasteiger partial charge in [-0.05, 0) is 72.4 Å². The molecule has 3 nitrogen and oxygen atoms in total. The number of unbranched alkanes of at least 4 members (excludes halogenated alkanes) is 9. The van der Waals surface area contributed by atoms with E-state index in [4.69, 9.17) is 9.47 Å². The van der Waals surface area contributed by atoms with E-state index in [9.17, 15) is 13.6 Å². The summed E-state index contributed by atoms with van der Waals surface area (Å²) in [6.45, 7) is 4.87. The molecule has 3 aromatic rings. The molecule has 0 aromatic heterocycles. The maximum absolute atomic E-state index is 14.6. The first-order chi connectivity index (χ1) is 19.0. The number of aryl methyl sites for hydroxylation is 1. The van der Waals surface area contributed by atoms with Gasteiger partial charge in [-0.25, -0.2) is 13.6 Å². The van der Waals surface area contributed by atoms with Crippen LogP contribution in [0.15, 0.2) is 60.7 Å². The van der Waals surface area contributed by atoms with Gasteiger partial charge >= 0.3 is 5.97 Å². The third kappa shape index (κ3) is 10.1. The SMILES string of the molecule is CCCCCCCCOc1ccc(-c2ccc(C(=O)Oc3ccc(CCCCCCC)cc3F)cc2)cc1F. The van der Waals surface area contributed by atoms with Crippen LogP contribution in [0.3, 0.4) is 0 Å². The average Bonchev–Trinajstić information content (AvgIpc) is 2.94. The van der Waals surface area contributed by atoms with Crippen LogP contribution in [0.25, 0.3) is 11.1 Å². The second kappa shape index (κ2) is 16.7. The van der Waals surface area contributed by atoms with E-state index in [0.29, 0.717) is 12.2 Å². The molecule has 0 saturated heterocycles. The first kappa shape index (κ1) is 30.3. The predicted octanol–water partition coefficient (Wildman–Crippen LogP) is 10.1. The van der Waals surface area contributed by atoms with E-state index >= 15 is 0 Å². The lowest BCUT2D eigenvalue weighted by Crippen LogP contribution is -2.09. The lowest BCUT2D eigenvalue weighted by molar-refractivity contribution is 0.0728. The monoisotopic (exact) mass is 536 g/mol. The molecule has 0 amide bonds. The number of halogens is 2. The Labute approximate surface area is 232 Å². The van der Waals surface area contributed by atoms with Crippen LogP contribution >= 0.6 is 0 Å². The molecule has 0 unspecified atom stereocenters. The summed E-state index contributed by atoms with van der Waals surface area (Å²) in [7, 11) is 0. The Morgan fingerprint density at radius 1 is 0.641 bits per heavy atom. The molecule has 0 fully saturated rings. The van der Waals surface area contributed by atoms with E-state index in [1.807, 2.05) is 6.07 Å². The summed E-state index contributed by atoms with van der Waals surface area (Å²) in [6.07, 6.45) is 13.5. The van der Waals surface area contributed by atoms with E-state index in [1.54, 1.807) is 36.4 Å². The van der Waals surface area contributed by atoms with Gasteiger partial charge in [0.15, 0.2) is 23.1 Å². The quantitative estimate of drug-likeness (QED) is 0.0978. The number of carbonyl (C=O) groups is 1. The average molecular weight is 537 g/mol. The zero-order chi connectivity index (χ0) is 27.9. The van der Waals surface area contributed by atoms with Crippen molar-refractivity contribution >= 4 is 5.97 Å². The first-order valence-electron chi connectivity index (χ1n) is 14.5. The minimum Gasteiger partial charge on any atom is -0.491 e. The summed E-state index contributed by atoms with van der Waals surface area (Å²) in [5.74, 6) is -1.44. The maximum Gasteiger partial charge on any atom is 0.343 e. The standard InChI is InChI=1S/C34H42F2O3/c1-3-5-7-9-11-13-23-38-32-22-20-29(25-31(32)36)27-16-18-28(19-17-27)34(37)39-33-21-15-26(24-30(33)35)14-12-10-8-6-4-2/h15-22,24-25H,3-14,23H2,1-2H3. The molecular formula is C34H42F2O3. The number of ether oxygens (including phenoxy) is 2. The van der Waals surface area contributed by atoms with E-state index < -0.39 is 17.6 Å². The molecule has 0 radical (unpaired) electrons. The van der Waals surface area contributed by atoms with Gasteiger partial charge in [-0.3, -0.25) is 0 Å². The van der Waals surface area contributed by atoms with Gasteiger partial charge in [0, 0.05) is 0 Å². The van der Waals surface area contributed by atoms with E-state index in [2.05, 4.69) is 13.8 Å². The van der Waals surface area contributed by atoms with E-state index in [1.165, 1.54) is 63.1 Å². The summed E-state index contributed by atoms with van der Waals surface area (Å²) in [4.78, 5) is 12.6. The highest BCUT2D eigenvalue weighted by atomic mass is 19.1. The summed E-state index contributed by atoms with van der Waals surface area (Å²) in [5.41, 5.74) is 2.62. The second-order valence-corrected chi connectivity index (χ2v) is 10.2. The number of hydrogen-bond donors (Lipinski definition) is 0. The molecule has 0 atom stereocenters. The van der Waals surface area contributed by atoms with Crippen molar-refractivity contribution in [3.8, 4) is 22.6 Å². The van der Waals surface area contributed by atoms with Crippen LogP contribution in [0.5, 0.6) is 11.5 Å². The summed E-state index contributed by atoms with van der Waals surface area (Å²) < 4.78 is 40.1.